The minimum atomic E-state index is 0.595. The standard InChI is InChI=1S/C18H11BrCl2N2/c19-15-6-11(20)5-13-17(15)14-9-22-7-10(14)8-23-18(13)12-3-1-2-4-16(12)21/h1-7H,8-9H2. The second kappa shape index (κ2) is 5.90. The van der Waals surface area contributed by atoms with E-state index in [1.807, 2.05) is 42.6 Å². The molecule has 0 radical (unpaired) electrons. The maximum absolute atomic E-state index is 6.41. The van der Waals surface area contributed by atoms with Crippen molar-refractivity contribution in [3.05, 3.63) is 73.2 Å². The molecule has 0 aromatic heterocycles. The Morgan fingerprint density at radius 3 is 2.65 bits per heavy atom. The van der Waals surface area contributed by atoms with Crippen molar-refractivity contribution in [2.45, 2.75) is 0 Å². The monoisotopic (exact) mass is 404 g/mol. The highest BCUT2D eigenvalue weighted by molar-refractivity contribution is 9.10. The van der Waals surface area contributed by atoms with Crippen LogP contribution < -0.4 is 0 Å². The van der Waals surface area contributed by atoms with Crippen LogP contribution in [0, 0.1) is 0 Å². The van der Waals surface area contributed by atoms with Crippen molar-refractivity contribution in [3.63, 3.8) is 0 Å². The Morgan fingerprint density at radius 2 is 1.83 bits per heavy atom. The van der Waals surface area contributed by atoms with Crippen LogP contribution >= 0.6 is 39.1 Å². The summed E-state index contributed by atoms with van der Waals surface area (Å²) in [5.41, 5.74) is 6.25. The van der Waals surface area contributed by atoms with E-state index < -0.39 is 0 Å². The molecule has 2 aromatic carbocycles. The number of hydrogen-bond acceptors (Lipinski definition) is 2. The van der Waals surface area contributed by atoms with E-state index in [1.165, 1.54) is 5.57 Å². The zero-order chi connectivity index (χ0) is 16.0. The van der Waals surface area contributed by atoms with Gasteiger partial charge in [0.25, 0.3) is 0 Å². The first-order chi connectivity index (χ1) is 11.1. The van der Waals surface area contributed by atoms with Gasteiger partial charge in [-0.2, -0.15) is 0 Å². The van der Waals surface area contributed by atoms with Gasteiger partial charge in [-0.1, -0.05) is 57.3 Å². The number of nitrogens with zero attached hydrogens (tertiary/aromatic N) is 2. The van der Waals surface area contributed by atoms with Gasteiger partial charge >= 0.3 is 0 Å². The number of fused-ring (bicyclic) bond motifs is 2. The topological polar surface area (TPSA) is 24.7 Å². The first-order valence-electron chi connectivity index (χ1n) is 7.16. The zero-order valence-corrected chi connectivity index (χ0v) is 15.1. The Morgan fingerprint density at radius 1 is 1.00 bits per heavy atom. The van der Waals surface area contributed by atoms with Gasteiger partial charge in [0.15, 0.2) is 0 Å². The Kier molecular flexibility index (Phi) is 3.88. The molecule has 0 aliphatic carbocycles. The summed E-state index contributed by atoms with van der Waals surface area (Å²) < 4.78 is 0.958. The smallest absolute Gasteiger partial charge is 0.0745 e. The third kappa shape index (κ3) is 2.57. The SMILES string of the molecule is Clc1cc(Br)c2c(c1)C(c1ccccc1Cl)=NCC1=C2CN=C1. The predicted molar refractivity (Wildman–Crippen MR) is 101 cm³/mol. The molecule has 2 heterocycles. The fraction of sp³-hybridized carbons (Fsp3) is 0.111. The molecule has 0 N–H and O–H groups in total. The Labute approximate surface area is 152 Å². The molecule has 0 atom stereocenters. The lowest BCUT2D eigenvalue weighted by Crippen LogP contribution is -2.08. The molecule has 2 aromatic rings. The van der Waals surface area contributed by atoms with E-state index in [2.05, 4.69) is 20.9 Å². The van der Waals surface area contributed by atoms with E-state index >= 15 is 0 Å². The Hall–Kier alpha value is -1.42. The molecule has 2 aliphatic rings. The van der Waals surface area contributed by atoms with Crippen LogP contribution in [0.25, 0.3) is 5.57 Å². The maximum Gasteiger partial charge on any atom is 0.0745 e. The summed E-state index contributed by atoms with van der Waals surface area (Å²) in [6.45, 7) is 1.27. The maximum atomic E-state index is 6.41. The van der Waals surface area contributed by atoms with Gasteiger partial charge < -0.3 is 0 Å². The van der Waals surface area contributed by atoms with Crippen LogP contribution in [0.15, 0.2) is 56.4 Å². The third-order valence-corrected chi connectivity index (χ3v) is 5.21. The van der Waals surface area contributed by atoms with Gasteiger partial charge in [-0.3, -0.25) is 9.98 Å². The highest BCUT2D eigenvalue weighted by Gasteiger charge is 2.25. The van der Waals surface area contributed by atoms with Gasteiger partial charge in [-0.05, 0) is 29.3 Å². The average molecular weight is 406 g/mol. The summed E-state index contributed by atoms with van der Waals surface area (Å²) >= 11 is 16.4. The highest BCUT2D eigenvalue weighted by Crippen LogP contribution is 2.38. The molecule has 2 nitrogen and oxygen atoms in total. The van der Waals surface area contributed by atoms with Crippen LogP contribution in [-0.2, 0) is 0 Å². The minimum absolute atomic E-state index is 0.595. The van der Waals surface area contributed by atoms with Gasteiger partial charge in [0.2, 0.25) is 0 Å². The average Bonchev–Trinajstić information content (AvgIpc) is 2.91. The first kappa shape index (κ1) is 15.1. The molecule has 0 spiro atoms. The van der Waals surface area contributed by atoms with Crippen molar-refractivity contribution in [2.75, 3.05) is 13.1 Å². The van der Waals surface area contributed by atoms with Crippen molar-refractivity contribution in [2.24, 2.45) is 9.98 Å². The molecule has 2 aliphatic heterocycles. The molecule has 4 rings (SSSR count). The summed E-state index contributed by atoms with van der Waals surface area (Å²) in [6.07, 6.45) is 1.92. The molecule has 114 valence electrons. The van der Waals surface area contributed by atoms with Crippen LogP contribution in [0.2, 0.25) is 10.0 Å². The van der Waals surface area contributed by atoms with Crippen molar-refractivity contribution >= 4 is 56.6 Å². The van der Waals surface area contributed by atoms with E-state index in [9.17, 15) is 0 Å². The van der Waals surface area contributed by atoms with Crippen LogP contribution in [0.5, 0.6) is 0 Å². The molecule has 0 unspecified atom stereocenters. The minimum Gasteiger partial charge on any atom is -0.288 e. The van der Waals surface area contributed by atoms with Gasteiger partial charge in [0.1, 0.15) is 0 Å². The third-order valence-electron chi connectivity index (χ3n) is 4.03. The fourth-order valence-corrected chi connectivity index (χ4v) is 4.28. The van der Waals surface area contributed by atoms with E-state index in [-0.39, 0.29) is 0 Å². The van der Waals surface area contributed by atoms with Gasteiger partial charge in [0.05, 0.1) is 18.8 Å². The lowest BCUT2D eigenvalue weighted by molar-refractivity contribution is 1.22. The second-order valence-corrected chi connectivity index (χ2v) is 7.13. The van der Waals surface area contributed by atoms with Crippen molar-refractivity contribution in [3.8, 4) is 0 Å². The largest absolute Gasteiger partial charge is 0.288 e. The molecule has 0 saturated heterocycles. The lowest BCUT2D eigenvalue weighted by Gasteiger charge is -2.15. The van der Waals surface area contributed by atoms with Crippen LogP contribution in [0.3, 0.4) is 0 Å². The van der Waals surface area contributed by atoms with Crippen LogP contribution in [0.4, 0.5) is 0 Å². The highest BCUT2D eigenvalue weighted by atomic mass is 79.9. The van der Waals surface area contributed by atoms with Gasteiger partial charge in [-0.25, -0.2) is 0 Å². The molecule has 5 heteroatoms. The van der Waals surface area contributed by atoms with Crippen LogP contribution in [0.1, 0.15) is 16.7 Å². The summed E-state index contributed by atoms with van der Waals surface area (Å²) in [5.74, 6) is 0. The van der Waals surface area contributed by atoms with Crippen LogP contribution in [-0.4, -0.2) is 25.0 Å². The Balaban J connectivity index is 2.02. The zero-order valence-electron chi connectivity index (χ0n) is 12.0. The number of hydrogen-bond donors (Lipinski definition) is 0. The second-order valence-electron chi connectivity index (χ2n) is 5.43. The number of benzene rings is 2. The van der Waals surface area contributed by atoms with E-state index in [0.29, 0.717) is 23.1 Å². The van der Waals surface area contributed by atoms with Gasteiger partial charge in [-0.15, -0.1) is 0 Å². The summed E-state index contributed by atoms with van der Waals surface area (Å²) in [6, 6.07) is 11.6. The number of halogens is 3. The van der Waals surface area contributed by atoms with E-state index in [1.54, 1.807) is 0 Å². The van der Waals surface area contributed by atoms with Crippen molar-refractivity contribution < 1.29 is 0 Å². The molecule has 23 heavy (non-hydrogen) atoms. The number of rotatable bonds is 1. The van der Waals surface area contributed by atoms with Crippen molar-refractivity contribution in [1.29, 1.82) is 0 Å². The molecule has 0 bridgehead atoms. The number of aliphatic imine (C=N–C) groups is 2. The summed E-state index contributed by atoms with van der Waals surface area (Å²) in [4.78, 5) is 9.22. The summed E-state index contributed by atoms with van der Waals surface area (Å²) in [7, 11) is 0. The molecular formula is C18H11BrCl2N2. The van der Waals surface area contributed by atoms with E-state index in [0.717, 1.165) is 32.4 Å². The molecule has 0 saturated carbocycles. The lowest BCUT2D eigenvalue weighted by atomic mass is 9.93. The Bertz CT molecular complexity index is 913. The fourth-order valence-electron chi connectivity index (χ4n) is 3.00. The predicted octanol–water partition coefficient (Wildman–Crippen LogP) is 5.44. The van der Waals surface area contributed by atoms with Gasteiger partial charge in [0, 0.05) is 37.4 Å². The van der Waals surface area contributed by atoms with E-state index in [4.69, 9.17) is 28.2 Å². The molecule has 0 fully saturated rings. The summed E-state index contributed by atoms with van der Waals surface area (Å²) in [5, 5.41) is 1.35. The van der Waals surface area contributed by atoms with Crippen molar-refractivity contribution in [1.82, 2.24) is 0 Å². The molecular weight excluding hydrogens is 395 g/mol. The first-order valence-corrected chi connectivity index (χ1v) is 8.71. The quantitative estimate of drug-likeness (QED) is 0.603. The normalized spacial score (nSPS) is 16.0. The molecule has 0 amide bonds.